The summed E-state index contributed by atoms with van der Waals surface area (Å²) in [6.45, 7) is 0. The van der Waals surface area contributed by atoms with Gasteiger partial charge in [0.25, 0.3) is 0 Å². The fraction of sp³-hybridized carbons (Fsp3) is 0. The molecule has 0 aliphatic heterocycles. The molecule has 1 heteroatoms. The van der Waals surface area contributed by atoms with Crippen LogP contribution in [0.5, 0.6) is 0 Å². The molecule has 0 fully saturated rings. The maximum absolute atomic E-state index is 2.40. The lowest BCUT2D eigenvalue weighted by Gasteiger charge is -2.29. The average molecular weight is 676 g/mol. The summed E-state index contributed by atoms with van der Waals surface area (Å²) in [5.74, 6) is 0. The van der Waals surface area contributed by atoms with Gasteiger partial charge in [0, 0.05) is 16.9 Å². The number of hydrogen-bond acceptors (Lipinski definition) is 1. The molecule has 9 aromatic rings. The first kappa shape index (κ1) is 32.0. The van der Waals surface area contributed by atoms with E-state index in [0.29, 0.717) is 0 Å². The van der Waals surface area contributed by atoms with E-state index in [4.69, 9.17) is 0 Å². The largest absolute Gasteiger partial charge is 0.310 e. The summed E-state index contributed by atoms with van der Waals surface area (Å²) >= 11 is 0. The van der Waals surface area contributed by atoms with Crippen LogP contribution in [-0.2, 0) is 0 Å². The van der Waals surface area contributed by atoms with Gasteiger partial charge >= 0.3 is 0 Å². The van der Waals surface area contributed by atoms with Gasteiger partial charge in [-0.15, -0.1) is 0 Å². The topological polar surface area (TPSA) is 3.24 Å². The summed E-state index contributed by atoms with van der Waals surface area (Å²) in [6, 6.07) is 80.9. The quantitative estimate of drug-likeness (QED) is 0.155. The third kappa shape index (κ3) is 6.53. The summed E-state index contributed by atoms with van der Waals surface area (Å²) in [4.78, 5) is 2.40. The number of rotatable bonds is 8. The highest BCUT2D eigenvalue weighted by molar-refractivity contribution is 5.99. The molecular weight excluding hydrogens is 639 g/mol. The Morgan fingerprint density at radius 1 is 0.245 bits per heavy atom. The van der Waals surface area contributed by atoms with Gasteiger partial charge in [-0.1, -0.05) is 176 Å². The zero-order chi connectivity index (χ0) is 35.4. The van der Waals surface area contributed by atoms with Crippen LogP contribution in [-0.4, -0.2) is 0 Å². The molecule has 0 radical (unpaired) electrons. The molecule has 0 bridgehead atoms. The fourth-order valence-electron chi connectivity index (χ4n) is 7.42. The number of hydrogen-bond donors (Lipinski definition) is 0. The predicted octanol–water partition coefficient (Wildman–Crippen LogP) is 14.6. The van der Waals surface area contributed by atoms with Gasteiger partial charge in [-0.25, -0.2) is 0 Å². The zero-order valence-corrected chi connectivity index (χ0v) is 29.3. The maximum atomic E-state index is 2.40. The SMILES string of the molecule is c1ccc(-c2cc(-c3ccccc3)cc(-c3ccc(N(c4ccccc4)c4cc(-c5cccc6ccccc56)ccc4-c4ccccc4)cc3)c2)cc1. The van der Waals surface area contributed by atoms with Gasteiger partial charge in [0.15, 0.2) is 0 Å². The van der Waals surface area contributed by atoms with Crippen LogP contribution in [0.1, 0.15) is 0 Å². The molecule has 0 N–H and O–H groups in total. The lowest BCUT2D eigenvalue weighted by Crippen LogP contribution is -2.11. The number of nitrogens with zero attached hydrogens (tertiary/aromatic N) is 1. The van der Waals surface area contributed by atoms with Gasteiger partial charge in [-0.3, -0.25) is 0 Å². The van der Waals surface area contributed by atoms with Crippen molar-refractivity contribution in [3.8, 4) is 55.6 Å². The first-order valence-electron chi connectivity index (χ1n) is 18.2. The van der Waals surface area contributed by atoms with E-state index in [9.17, 15) is 0 Å². The van der Waals surface area contributed by atoms with Gasteiger partial charge in [0.05, 0.1) is 5.69 Å². The van der Waals surface area contributed by atoms with E-state index in [1.54, 1.807) is 0 Å². The monoisotopic (exact) mass is 675 g/mol. The molecule has 0 amide bonds. The minimum atomic E-state index is 1.09. The molecule has 1 nitrogen and oxygen atoms in total. The second-order valence-electron chi connectivity index (χ2n) is 13.4. The van der Waals surface area contributed by atoms with Crippen LogP contribution in [0.4, 0.5) is 17.1 Å². The minimum absolute atomic E-state index is 1.09. The van der Waals surface area contributed by atoms with Gasteiger partial charge in [-0.2, -0.15) is 0 Å². The van der Waals surface area contributed by atoms with E-state index in [1.807, 2.05) is 0 Å². The Morgan fingerprint density at radius 3 is 1.30 bits per heavy atom. The van der Waals surface area contributed by atoms with Crippen molar-refractivity contribution in [1.29, 1.82) is 0 Å². The third-order valence-corrected chi connectivity index (χ3v) is 10.0. The van der Waals surface area contributed by atoms with Gasteiger partial charge < -0.3 is 4.90 Å². The molecule has 0 aliphatic carbocycles. The Morgan fingerprint density at radius 2 is 0.698 bits per heavy atom. The van der Waals surface area contributed by atoms with E-state index >= 15 is 0 Å². The predicted molar refractivity (Wildman–Crippen MR) is 226 cm³/mol. The van der Waals surface area contributed by atoms with Crippen LogP contribution in [0.2, 0.25) is 0 Å². The van der Waals surface area contributed by atoms with E-state index in [0.717, 1.165) is 17.1 Å². The maximum Gasteiger partial charge on any atom is 0.0546 e. The minimum Gasteiger partial charge on any atom is -0.310 e. The van der Waals surface area contributed by atoms with Crippen LogP contribution < -0.4 is 4.90 Å². The second kappa shape index (κ2) is 14.3. The third-order valence-electron chi connectivity index (χ3n) is 10.0. The second-order valence-corrected chi connectivity index (χ2v) is 13.4. The lowest BCUT2D eigenvalue weighted by atomic mass is 9.93. The molecule has 0 saturated carbocycles. The van der Waals surface area contributed by atoms with Crippen LogP contribution in [0, 0.1) is 0 Å². The van der Waals surface area contributed by atoms with E-state index < -0.39 is 0 Å². The van der Waals surface area contributed by atoms with Crippen molar-refractivity contribution < 1.29 is 0 Å². The molecule has 0 heterocycles. The van der Waals surface area contributed by atoms with Crippen LogP contribution >= 0.6 is 0 Å². The van der Waals surface area contributed by atoms with Crippen molar-refractivity contribution in [1.82, 2.24) is 0 Å². The van der Waals surface area contributed by atoms with Crippen LogP contribution in [0.25, 0.3) is 66.4 Å². The number of fused-ring (bicyclic) bond motifs is 1. The van der Waals surface area contributed by atoms with Crippen molar-refractivity contribution in [3.05, 3.63) is 224 Å². The molecule has 9 aromatic carbocycles. The number of para-hydroxylation sites is 1. The Hall–Kier alpha value is -6.96. The van der Waals surface area contributed by atoms with Crippen LogP contribution in [0.3, 0.4) is 0 Å². The summed E-state index contributed by atoms with van der Waals surface area (Å²) in [7, 11) is 0. The Labute approximate surface area is 311 Å². The van der Waals surface area contributed by atoms with Gasteiger partial charge in [-0.05, 0) is 109 Å². The van der Waals surface area contributed by atoms with E-state index in [1.165, 1.54) is 66.4 Å². The van der Waals surface area contributed by atoms with Gasteiger partial charge in [0.2, 0.25) is 0 Å². The van der Waals surface area contributed by atoms with Crippen molar-refractivity contribution in [2.24, 2.45) is 0 Å². The number of anilines is 3. The number of benzene rings is 9. The van der Waals surface area contributed by atoms with Crippen molar-refractivity contribution >= 4 is 27.8 Å². The Bertz CT molecular complexity index is 2570. The smallest absolute Gasteiger partial charge is 0.0546 e. The molecule has 250 valence electrons. The standard InChI is InChI=1S/C52H37N/c1-5-16-38(17-6-1)44-34-45(39-18-7-2-8-19-39)36-46(35-44)40-28-31-48(32-29-40)53(47-24-11-4-12-25-47)52-37-43(30-33-51(52)42-20-9-3-10-21-42)50-27-15-23-41-22-13-14-26-49(41)50/h1-37H. The molecule has 0 unspecified atom stereocenters. The highest BCUT2D eigenvalue weighted by atomic mass is 15.1. The summed E-state index contributed by atoms with van der Waals surface area (Å²) in [5, 5.41) is 2.48. The first-order chi connectivity index (χ1) is 26.3. The highest BCUT2D eigenvalue weighted by Gasteiger charge is 2.19. The van der Waals surface area contributed by atoms with Gasteiger partial charge in [0.1, 0.15) is 0 Å². The van der Waals surface area contributed by atoms with E-state index in [-0.39, 0.29) is 0 Å². The van der Waals surface area contributed by atoms with Crippen molar-refractivity contribution in [3.63, 3.8) is 0 Å². The molecular formula is C52H37N. The first-order valence-corrected chi connectivity index (χ1v) is 18.2. The van der Waals surface area contributed by atoms with Crippen molar-refractivity contribution in [2.45, 2.75) is 0 Å². The normalized spacial score (nSPS) is 11.0. The summed E-state index contributed by atoms with van der Waals surface area (Å²) in [5.41, 5.74) is 15.2. The Kier molecular flexibility index (Phi) is 8.66. The van der Waals surface area contributed by atoms with Crippen molar-refractivity contribution in [2.75, 3.05) is 4.90 Å². The molecule has 0 atom stereocenters. The lowest BCUT2D eigenvalue weighted by molar-refractivity contribution is 1.28. The molecule has 0 aromatic heterocycles. The average Bonchev–Trinajstić information content (AvgIpc) is 3.25. The zero-order valence-electron chi connectivity index (χ0n) is 29.3. The molecule has 0 spiro atoms. The highest BCUT2D eigenvalue weighted by Crippen LogP contribution is 2.44. The fourth-order valence-corrected chi connectivity index (χ4v) is 7.42. The Balaban J connectivity index is 1.20. The molecule has 9 rings (SSSR count). The van der Waals surface area contributed by atoms with E-state index in [2.05, 4.69) is 229 Å². The van der Waals surface area contributed by atoms with Crippen LogP contribution in [0.15, 0.2) is 224 Å². The molecule has 0 saturated heterocycles. The molecule has 53 heavy (non-hydrogen) atoms. The summed E-state index contributed by atoms with van der Waals surface area (Å²) in [6.07, 6.45) is 0. The molecule has 0 aliphatic rings. The summed E-state index contributed by atoms with van der Waals surface area (Å²) < 4.78 is 0.